The van der Waals surface area contributed by atoms with Crippen LogP contribution < -0.4 is 0 Å². The highest BCUT2D eigenvalue weighted by Crippen LogP contribution is 2.24. The van der Waals surface area contributed by atoms with Gasteiger partial charge >= 0.3 is 0 Å². The molecule has 0 spiro atoms. The van der Waals surface area contributed by atoms with Crippen molar-refractivity contribution >= 4 is 22.5 Å². The van der Waals surface area contributed by atoms with Gasteiger partial charge in [-0.2, -0.15) is 5.26 Å². The highest BCUT2D eigenvalue weighted by Gasteiger charge is 2.07. The molecule has 68 valence electrons. The van der Waals surface area contributed by atoms with Crippen molar-refractivity contribution in [2.45, 2.75) is 0 Å². The Morgan fingerprint density at radius 3 is 2.93 bits per heavy atom. The van der Waals surface area contributed by atoms with Crippen molar-refractivity contribution in [2.75, 3.05) is 0 Å². The zero-order chi connectivity index (χ0) is 10.1. The summed E-state index contributed by atoms with van der Waals surface area (Å²) < 4.78 is 13.3. The minimum Gasteiger partial charge on any atom is -0.234 e. The summed E-state index contributed by atoms with van der Waals surface area (Å²) in [5.41, 5.74) is 0.254. The molecule has 0 radical (unpaired) electrons. The van der Waals surface area contributed by atoms with Crippen LogP contribution in [-0.2, 0) is 0 Å². The second-order valence-electron chi connectivity index (χ2n) is 2.74. The van der Waals surface area contributed by atoms with Gasteiger partial charge in [0.25, 0.3) is 0 Å². The van der Waals surface area contributed by atoms with Gasteiger partial charge in [0.05, 0.1) is 5.02 Å². The summed E-state index contributed by atoms with van der Waals surface area (Å²) in [4.78, 5) is 3.83. The molecule has 0 fully saturated rings. The third-order valence-corrected chi connectivity index (χ3v) is 2.17. The summed E-state index contributed by atoms with van der Waals surface area (Å²) >= 11 is 5.86. The number of hydrogen-bond donors (Lipinski definition) is 0. The number of pyridine rings is 1. The molecule has 1 aromatic carbocycles. The first-order chi connectivity index (χ1) is 6.72. The highest BCUT2D eigenvalue weighted by atomic mass is 35.5. The first kappa shape index (κ1) is 8.92. The topological polar surface area (TPSA) is 36.7 Å². The van der Waals surface area contributed by atoms with E-state index in [1.54, 1.807) is 12.1 Å². The summed E-state index contributed by atoms with van der Waals surface area (Å²) in [6, 6.07) is 7.74. The largest absolute Gasteiger partial charge is 0.234 e. The number of rotatable bonds is 0. The smallest absolute Gasteiger partial charge is 0.149 e. The second-order valence-corrected chi connectivity index (χ2v) is 3.14. The van der Waals surface area contributed by atoms with E-state index in [9.17, 15) is 4.39 Å². The number of nitriles is 1. The monoisotopic (exact) mass is 206 g/mol. The van der Waals surface area contributed by atoms with E-state index in [-0.39, 0.29) is 11.2 Å². The standard InChI is InChI=1S/C10H4ClFN2/c11-8-4-6(5-13)14-10-7(8)2-1-3-9(10)12/h1-4H. The Balaban J connectivity index is 2.92. The molecular weight excluding hydrogens is 203 g/mol. The SMILES string of the molecule is N#Cc1cc(Cl)c2cccc(F)c2n1. The molecule has 0 saturated carbocycles. The number of fused-ring (bicyclic) bond motifs is 1. The molecule has 0 aliphatic carbocycles. The van der Waals surface area contributed by atoms with Crippen molar-refractivity contribution < 1.29 is 4.39 Å². The molecule has 4 heteroatoms. The molecule has 0 bridgehead atoms. The molecule has 0 aliphatic heterocycles. The first-order valence-electron chi connectivity index (χ1n) is 3.87. The van der Waals surface area contributed by atoms with Crippen molar-refractivity contribution in [3.8, 4) is 6.07 Å². The predicted octanol–water partition coefficient (Wildman–Crippen LogP) is 2.90. The number of hydrogen-bond acceptors (Lipinski definition) is 2. The van der Waals surface area contributed by atoms with Crippen molar-refractivity contribution in [3.05, 3.63) is 40.8 Å². The number of nitrogens with zero attached hydrogens (tertiary/aromatic N) is 2. The summed E-state index contributed by atoms with van der Waals surface area (Å²) in [5.74, 6) is -0.471. The molecular formula is C10H4ClFN2. The summed E-state index contributed by atoms with van der Waals surface area (Å²) in [5, 5.41) is 9.48. The van der Waals surface area contributed by atoms with E-state index < -0.39 is 5.82 Å². The van der Waals surface area contributed by atoms with Gasteiger partial charge in [-0.1, -0.05) is 23.7 Å². The van der Waals surface area contributed by atoms with Crippen molar-refractivity contribution in [1.29, 1.82) is 5.26 Å². The summed E-state index contributed by atoms with van der Waals surface area (Å²) in [6.45, 7) is 0. The van der Waals surface area contributed by atoms with Gasteiger partial charge in [-0.05, 0) is 12.1 Å². The van der Waals surface area contributed by atoms with E-state index in [4.69, 9.17) is 16.9 Å². The fraction of sp³-hybridized carbons (Fsp3) is 0. The number of para-hydroxylation sites is 1. The summed E-state index contributed by atoms with van der Waals surface area (Å²) in [7, 11) is 0. The Hall–Kier alpha value is -1.66. The van der Waals surface area contributed by atoms with Crippen LogP contribution in [0, 0.1) is 17.1 Å². The van der Waals surface area contributed by atoms with Crippen LogP contribution in [-0.4, -0.2) is 4.98 Å². The zero-order valence-corrected chi connectivity index (χ0v) is 7.72. The fourth-order valence-electron chi connectivity index (χ4n) is 1.23. The van der Waals surface area contributed by atoms with Crippen LogP contribution in [0.1, 0.15) is 5.69 Å². The Bertz CT molecular complexity index is 546. The van der Waals surface area contributed by atoms with E-state index in [1.807, 2.05) is 6.07 Å². The van der Waals surface area contributed by atoms with Crippen LogP contribution in [0.3, 0.4) is 0 Å². The van der Waals surface area contributed by atoms with Gasteiger partial charge in [-0.3, -0.25) is 0 Å². The maximum Gasteiger partial charge on any atom is 0.149 e. The second kappa shape index (κ2) is 3.24. The van der Waals surface area contributed by atoms with Gasteiger partial charge < -0.3 is 0 Å². The maximum atomic E-state index is 13.3. The molecule has 2 aromatic rings. The third kappa shape index (κ3) is 1.30. The van der Waals surface area contributed by atoms with Crippen LogP contribution >= 0.6 is 11.6 Å². The van der Waals surface area contributed by atoms with Crippen LogP contribution in [0.5, 0.6) is 0 Å². The Kier molecular flexibility index (Phi) is 2.06. The van der Waals surface area contributed by atoms with E-state index in [0.717, 1.165) is 0 Å². The van der Waals surface area contributed by atoms with E-state index in [2.05, 4.69) is 4.98 Å². The Morgan fingerprint density at radius 2 is 2.21 bits per heavy atom. The van der Waals surface area contributed by atoms with E-state index in [0.29, 0.717) is 10.4 Å². The van der Waals surface area contributed by atoms with Gasteiger partial charge in [0.2, 0.25) is 0 Å². The lowest BCUT2D eigenvalue weighted by molar-refractivity contribution is 0.636. The van der Waals surface area contributed by atoms with Crippen molar-refractivity contribution in [2.24, 2.45) is 0 Å². The van der Waals surface area contributed by atoms with Crippen LogP contribution in [0.25, 0.3) is 10.9 Å². The third-order valence-electron chi connectivity index (χ3n) is 1.85. The molecule has 14 heavy (non-hydrogen) atoms. The molecule has 1 heterocycles. The molecule has 0 atom stereocenters. The molecule has 2 rings (SSSR count). The van der Waals surface area contributed by atoms with Gasteiger partial charge in [0, 0.05) is 5.39 Å². The van der Waals surface area contributed by atoms with Crippen LogP contribution in [0.4, 0.5) is 4.39 Å². The molecule has 0 saturated heterocycles. The lowest BCUT2D eigenvalue weighted by Gasteiger charge is -2.00. The average Bonchev–Trinajstić information content (AvgIpc) is 2.19. The number of benzene rings is 1. The van der Waals surface area contributed by atoms with Gasteiger partial charge in [0.15, 0.2) is 0 Å². The Labute approximate surface area is 84.6 Å². The van der Waals surface area contributed by atoms with Gasteiger partial charge in [-0.25, -0.2) is 9.37 Å². The fourth-order valence-corrected chi connectivity index (χ4v) is 1.49. The molecule has 1 aromatic heterocycles. The molecule has 2 nitrogen and oxygen atoms in total. The lowest BCUT2D eigenvalue weighted by atomic mass is 10.2. The molecule has 0 amide bonds. The molecule has 0 aliphatic rings. The zero-order valence-electron chi connectivity index (χ0n) is 6.96. The quantitative estimate of drug-likeness (QED) is 0.665. The van der Waals surface area contributed by atoms with E-state index in [1.165, 1.54) is 12.1 Å². The molecule has 0 N–H and O–H groups in total. The van der Waals surface area contributed by atoms with Crippen LogP contribution in [0.15, 0.2) is 24.3 Å². The maximum absolute atomic E-state index is 13.3. The number of halogens is 2. The Morgan fingerprint density at radius 1 is 1.43 bits per heavy atom. The van der Waals surface area contributed by atoms with Gasteiger partial charge in [0.1, 0.15) is 23.1 Å². The van der Waals surface area contributed by atoms with Crippen LogP contribution in [0.2, 0.25) is 5.02 Å². The lowest BCUT2D eigenvalue weighted by Crippen LogP contribution is -1.88. The molecule has 0 unspecified atom stereocenters. The summed E-state index contributed by atoms with van der Waals surface area (Å²) in [6.07, 6.45) is 0. The van der Waals surface area contributed by atoms with E-state index >= 15 is 0 Å². The average molecular weight is 207 g/mol. The highest BCUT2D eigenvalue weighted by molar-refractivity contribution is 6.35. The van der Waals surface area contributed by atoms with Crippen molar-refractivity contribution in [1.82, 2.24) is 4.98 Å². The minimum absolute atomic E-state index is 0.118. The predicted molar refractivity (Wildman–Crippen MR) is 51.4 cm³/mol. The normalized spacial score (nSPS) is 10.1. The van der Waals surface area contributed by atoms with Crippen molar-refractivity contribution in [3.63, 3.8) is 0 Å². The first-order valence-corrected chi connectivity index (χ1v) is 4.25. The minimum atomic E-state index is -0.471. The number of aromatic nitrogens is 1. The van der Waals surface area contributed by atoms with Gasteiger partial charge in [-0.15, -0.1) is 0 Å².